The van der Waals surface area contributed by atoms with E-state index in [9.17, 15) is 4.79 Å². The molecule has 6 heteroatoms. The van der Waals surface area contributed by atoms with E-state index in [1.807, 2.05) is 54.2 Å². The Morgan fingerprint density at radius 3 is 2.53 bits per heavy atom. The number of carbonyl (C=O) groups excluding carboxylic acids is 1. The Morgan fingerprint density at radius 2 is 1.78 bits per heavy atom. The number of aryl methyl sites for hydroxylation is 1. The molecule has 0 bridgehead atoms. The molecular formula is C26H27N3O3. The number of nitrogens with one attached hydrogen (secondary N) is 1. The molecule has 0 saturated heterocycles. The largest absolute Gasteiger partial charge is 0.493 e. The van der Waals surface area contributed by atoms with E-state index in [0.717, 1.165) is 16.5 Å². The van der Waals surface area contributed by atoms with Crippen LogP contribution < -0.4 is 14.8 Å². The molecule has 0 spiro atoms. The zero-order valence-corrected chi connectivity index (χ0v) is 18.6. The van der Waals surface area contributed by atoms with E-state index in [1.165, 1.54) is 11.1 Å². The molecule has 0 aliphatic carbocycles. The Hall–Kier alpha value is -3.80. The Morgan fingerprint density at radius 1 is 1.00 bits per heavy atom. The van der Waals surface area contributed by atoms with Crippen LogP contribution in [0.15, 0.2) is 66.9 Å². The number of fused-ring (bicyclic) bond motifs is 1. The topological polar surface area (TPSA) is 65.4 Å². The van der Waals surface area contributed by atoms with Gasteiger partial charge in [0.25, 0.3) is 5.91 Å². The highest BCUT2D eigenvalue weighted by Gasteiger charge is 2.11. The monoisotopic (exact) mass is 429 g/mol. The van der Waals surface area contributed by atoms with Crippen molar-refractivity contribution in [2.45, 2.75) is 26.9 Å². The van der Waals surface area contributed by atoms with Gasteiger partial charge in [0.1, 0.15) is 0 Å². The molecule has 0 unspecified atom stereocenters. The van der Waals surface area contributed by atoms with E-state index < -0.39 is 0 Å². The van der Waals surface area contributed by atoms with Crippen molar-refractivity contribution in [3.63, 3.8) is 0 Å². The van der Waals surface area contributed by atoms with Gasteiger partial charge in [-0.05, 0) is 49.2 Å². The summed E-state index contributed by atoms with van der Waals surface area (Å²) in [6.07, 6.45) is 1.83. The summed E-state index contributed by atoms with van der Waals surface area (Å²) in [7, 11) is 1.61. The van der Waals surface area contributed by atoms with Crippen LogP contribution in [0.5, 0.6) is 11.5 Å². The van der Waals surface area contributed by atoms with Gasteiger partial charge in [0.15, 0.2) is 11.5 Å². The molecule has 0 radical (unpaired) electrons. The third-order valence-electron chi connectivity index (χ3n) is 5.34. The second-order valence-electron chi connectivity index (χ2n) is 7.66. The molecule has 0 saturated carbocycles. The fraction of sp³-hybridized carbons (Fsp3) is 0.231. The van der Waals surface area contributed by atoms with Crippen molar-refractivity contribution in [1.82, 2.24) is 15.1 Å². The number of methoxy groups -OCH3 is 1. The Balaban J connectivity index is 1.49. The number of benzene rings is 3. The van der Waals surface area contributed by atoms with Gasteiger partial charge in [0, 0.05) is 17.5 Å². The standard InChI is InChI=1S/C26H27N3O3/c1-4-32-25-13-20(9-12-24(25)31-3)15-27-26(30)21-10-11-22-16-28-29(23(22)14-21)17-19-7-5-18(2)6-8-19/h5-14,16H,4,15,17H2,1-3H3,(H,27,30). The maximum absolute atomic E-state index is 12.8. The van der Waals surface area contributed by atoms with E-state index in [2.05, 4.69) is 41.6 Å². The number of ether oxygens (including phenoxy) is 2. The average molecular weight is 430 g/mol. The van der Waals surface area contributed by atoms with Crippen LogP contribution in [-0.2, 0) is 13.1 Å². The van der Waals surface area contributed by atoms with Crippen molar-refractivity contribution in [3.8, 4) is 11.5 Å². The maximum atomic E-state index is 12.8. The highest BCUT2D eigenvalue weighted by atomic mass is 16.5. The van der Waals surface area contributed by atoms with Gasteiger partial charge in [0.05, 0.1) is 32.0 Å². The molecule has 1 aromatic heterocycles. The summed E-state index contributed by atoms with van der Waals surface area (Å²) < 4.78 is 12.9. The summed E-state index contributed by atoms with van der Waals surface area (Å²) in [5.41, 5.74) is 4.86. The van der Waals surface area contributed by atoms with Gasteiger partial charge in [-0.1, -0.05) is 42.0 Å². The first kappa shape index (κ1) is 21.4. The lowest BCUT2D eigenvalue weighted by Crippen LogP contribution is -2.22. The molecule has 0 atom stereocenters. The molecule has 32 heavy (non-hydrogen) atoms. The number of rotatable bonds is 8. The average Bonchev–Trinajstić information content (AvgIpc) is 3.21. The van der Waals surface area contributed by atoms with Gasteiger partial charge in [-0.25, -0.2) is 0 Å². The normalized spacial score (nSPS) is 10.8. The predicted molar refractivity (Wildman–Crippen MR) is 125 cm³/mol. The third-order valence-corrected chi connectivity index (χ3v) is 5.34. The lowest BCUT2D eigenvalue weighted by Gasteiger charge is -2.12. The van der Waals surface area contributed by atoms with Crippen LogP contribution in [0.1, 0.15) is 34.0 Å². The molecule has 4 rings (SSSR count). The molecule has 6 nitrogen and oxygen atoms in total. The number of aromatic nitrogens is 2. The summed E-state index contributed by atoms with van der Waals surface area (Å²) in [4.78, 5) is 12.8. The minimum Gasteiger partial charge on any atom is -0.493 e. The fourth-order valence-electron chi connectivity index (χ4n) is 3.59. The van der Waals surface area contributed by atoms with Crippen LogP contribution in [-0.4, -0.2) is 29.4 Å². The highest BCUT2D eigenvalue weighted by molar-refractivity contribution is 5.97. The van der Waals surface area contributed by atoms with Gasteiger partial charge in [-0.15, -0.1) is 0 Å². The van der Waals surface area contributed by atoms with Crippen molar-refractivity contribution in [2.24, 2.45) is 0 Å². The maximum Gasteiger partial charge on any atom is 0.251 e. The molecule has 1 N–H and O–H groups in total. The Bertz CT molecular complexity index is 1230. The molecule has 1 heterocycles. The second-order valence-corrected chi connectivity index (χ2v) is 7.66. The number of carbonyl (C=O) groups is 1. The van der Waals surface area contributed by atoms with Crippen LogP contribution in [0, 0.1) is 6.92 Å². The van der Waals surface area contributed by atoms with Crippen molar-refractivity contribution in [2.75, 3.05) is 13.7 Å². The van der Waals surface area contributed by atoms with Gasteiger partial charge >= 0.3 is 0 Å². The van der Waals surface area contributed by atoms with Crippen LogP contribution >= 0.6 is 0 Å². The van der Waals surface area contributed by atoms with Crippen LogP contribution in [0.2, 0.25) is 0 Å². The highest BCUT2D eigenvalue weighted by Crippen LogP contribution is 2.28. The summed E-state index contributed by atoms with van der Waals surface area (Å²) in [6, 6.07) is 19.7. The molecule has 0 aliphatic heterocycles. The molecule has 1 amide bonds. The summed E-state index contributed by atoms with van der Waals surface area (Å²) in [5.74, 6) is 1.21. The predicted octanol–water partition coefficient (Wildman–Crippen LogP) is 4.73. The number of hydrogen-bond donors (Lipinski definition) is 1. The van der Waals surface area contributed by atoms with Crippen molar-refractivity contribution in [3.05, 3.63) is 89.1 Å². The molecular weight excluding hydrogens is 402 g/mol. The van der Waals surface area contributed by atoms with Gasteiger partial charge in [-0.3, -0.25) is 9.48 Å². The van der Waals surface area contributed by atoms with Crippen LogP contribution in [0.3, 0.4) is 0 Å². The summed E-state index contributed by atoms with van der Waals surface area (Å²) in [5, 5.41) is 8.50. The molecule has 0 aliphatic rings. The zero-order valence-electron chi connectivity index (χ0n) is 18.6. The van der Waals surface area contributed by atoms with Gasteiger partial charge in [0.2, 0.25) is 0 Å². The Kier molecular flexibility index (Phi) is 6.40. The first-order valence-corrected chi connectivity index (χ1v) is 10.7. The van der Waals surface area contributed by atoms with E-state index in [-0.39, 0.29) is 5.91 Å². The van der Waals surface area contributed by atoms with Crippen molar-refractivity contribution in [1.29, 1.82) is 0 Å². The molecule has 164 valence electrons. The summed E-state index contributed by atoms with van der Waals surface area (Å²) in [6.45, 7) is 5.59. The lowest BCUT2D eigenvalue weighted by molar-refractivity contribution is 0.0951. The van der Waals surface area contributed by atoms with Crippen molar-refractivity contribution < 1.29 is 14.3 Å². The first-order chi connectivity index (χ1) is 15.6. The molecule has 0 fully saturated rings. The lowest BCUT2D eigenvalue weighted by atomic mass is 10.1. The number of amides is 1. The molecule has 4 aromatic rings. The van der Waals surface area contributed by atoms with Crippen LogP contribution in [0.25, 0.3) is 10.9 Å². The second kappa shape index (κ2) is 9.56. The number of nitrogens with zero attached hydrogens (tertiary/aromatic N) is 2. The first-order valence-electron chi connectivity index (χ1n) is 10.7. The minimum atomic E-state index is -0.135. The van der Waals surface area contributed by atoms with Gasteiger partial charge in [-0.2, -0.15) is 5.10 Å². The third kappa shape index (κ3) is 4.75. The molecule has 3 aromatic carbocycles. The SMILES string of the molecule is CCOc1cc(CNC(=O)c2ccc3cnn(Cc4ccc(C)cc4)c3c2)ccc1OC. The number of hydrogen-bond acceptors (Lipinski definition) is 4. The van der Waals surface area contributed by atoms with Gasteiger partial charge < -0.3 is 14.8 Å². The fourth-order valence-corrected chi connectivity index (χ4v) is 3.59. The summed E-state index contributed by atoms with van der Waals surface area (Å²) >= 11 is 0. The minimum absolute atomic E-state index is 0.135. The smallest absolute Gasteiger partial charge is 0.251 e. The Labute approximate surface area is 187 Å². The van der Waals surface area contributed by atoms with Crippen LogP contribution in [0.4, 0.5) is 0 Å². The van der Waals surface area contributed by atoms with E-state index >= 15 is 0 Å². The van der Waals surface area contributed by atoms with E-state index in [0.29, 0.717) is 36.8 Å². The quantitative estimate of drug-likeness (QED) is 0.440. The zero-order chi connectivity index (χ0) is 22.5. The van der Waals surface area contributed by atoms with E-state index in [4.69, 9.17) is 9.47 Å². The van der Waals surface area contributed by atoms with Crippen molar-refractivity contribution >= 4 is 16.8 Å². The van der Waals surface area contributed by atoms with E-state index in [1.54, 1.807) is 7.11 Å².